The van der Waals surface area contributed by atoms with E-state index >= 15 is 0 Å². The summed E-state index contributed by atoms with van der Waals surface area (Å²) in [6, 6.07) is 0. The molecule has 2 nitrogen and oxygen atoms in total. The molecule has 0 N–H and O–H groups in total. The minimum atomic E-state index is -0.536. The van der Waals surface area contributed by atoms with Gasteiger partial charge in [0.1, 0.15) is 5.38 Å². The molecule has 0 radical (unpaired) electrons. The topological polar surface area (TPSA) is 26.3 Å². The molecule has 5 heteroatoms. The van der Waals surface area contributed by atoms with E-state index < -0.39 is 5.38 Å². The molecule has 2 unspecified atom stereocenters. The molecule has 0 aromatic rings. The van der Waals surface area contributed by atoms with Crippen molar-refractivity contribution in [3.05, 3.63) is 0 Å². The van der Waals surface area contributed by atoms with Gasteiger partial charge in [0, 0.05) is 5.75 Å². The Balaban J connectivity index is 2.30. The van der Waals surface area contributed by atoms with Crippen LogP contribution in [0.4, 0.5) is 0 Å². The summed E-state index contributed by atoms with van der Waals surface area (Å²) >= 11 is 9.20. The van der Waals surface area contributed by atoms with E-state index in [0.29, 0.717) is 0 Å². The third-order valence-corrected chi connectivity index (χ3v) is 4.48. The van der Waals surface area contributed by atoms with E-state index in [4.69, 9.17) is 16.3 Å². The van der Waals surface area contributed by atoms with E-state index in [0.717, 1.165) is 11.5 Å². The summed E-state index contributed by atoms with van der Waals surface area (Å²) in [5.41, 5.74) is -0.00556. The molecule has 1 fully saturated rings. The van der Waals surface area contributed by atoms with Gasteiger partial charge in [0.25, 0.3) is 0 Å². The molecule has 2 atom stereocenters. The molecule has 0 aromatic heterocycles. The van der Waals surface area contributed by atoms with Gasteiger partial charge in [-0.15, -0.1) is 23.4 Å². The fourth-order valence-electron chi connectivity index (χ4n) is 1.04. The maximum absolute atomic E-state index is 11.2. The van der Waals surface area contributed by atoms with E-state index in [9.17, 15) is 4.79 Å². The fourth-order valence-corrected chi connectivity index (χ4v) is 3.40. The van der Waals surface area contributed by atoms with Crippen LogP contribution in [0.5, 0.6) is 0 Å². The number of alkyl halides is 1. The molecule has 1 aliphatic heterocycles. The number of esters is 1. The Labute approximate surface area is 98.5 Å². The average Bonchev–Trinajstić information content (AvgIpc) is 2.08. The standard InChI is InChI=1S/C9H15ClO2S2/c1-7(10)9(11)12-8-6-13-4-2-3-5-14-8/h7-8H,2-6H2,1H3. The largest absolute Gasteiger partial charge is 0.449 e. The summed E-state index contributed by atoms with van der Waals surface area (Å²) in [7, 11) is 0. The second-order valence-electron chi connectivity index (χ2n) is 3.14. The third-order valence-electron chi connectivity index (χ3n) is 1.81. The molecular formula is C9H15ClO2S2. The van der Waals surface area contributed by atoms with Crippen molar-refractivity contribution in [1.82, 2.24) is 0 Å². The lowest BCUT2D eigenvalue weighted by Gasteiger charge is -2.19. The van der Waals surface area contributed by atoms with Crippen LogP contribution in [0.2, 0.25) is 0 Å². The molecule has 0 amide bonds. The summed E-state index contributed by atoms with van der Waals surface area (Å²) in [5.74, 6) is 2.84. The first kappa shape index (κ1) is 12.5. The van der Waals surface area contributed by atoms with Gasteiger partial charge in [-0.25, -0.2) is 0 Å². The number of carbonyl (C=O) groups excluding carboxylic acids is 1. The molecule has 1 heterocycles. The van der Waals surface area contributed by atoms with Crippen LogP contribution in [0.25, 0.3) is 0 Å². The van der Waals surface area contributed by atoms with Crippen molar-refractivity contribution >= 4 is 41.1 Å². The SMILES string of the molecule is CC(Cl)C(=O)OC1CSCCCCS1. The molecule has 1 rings (SSSR count). The van der Waals surface area contributed by atoms with Gasteiger partial charge in [0.15, 0.2) is 5.44 Å². The quantitative estimate of drug-likeness (QED) is 0.559. The normalized spacial score (nSPS) is 26.0. The Morgan fingerprint density at radius 1 is 1.50 bits per heavy atom. The maximum atomic E-state index is 11.2. The highest BCUT2D eigenvalue weighted by Crippen LogP contribution is 2.24. The number of ether oxygens (including phenoxy) is 1. The molecule has 0 aromatic carbocycles. The van der Waals surface area contributed by atoms with Crippen LogP contribution in [0.1, 0.15) is 19.8 Å². The van der Waals surface area contributed by atoms with Gasteiger partial charge >= 0.3 is 5.97 Å². The Bertz CT molecular complexity index is 180. The highest BCUT2D eigenvalue weighted by molar-refractivity contribution is 8.03. The summed E-state index contributed by atoms with van der Waals surface area (Å²) in [6.45, 7) is 1.64. The molecule has 0 spiro atoms. The van der Waals surface area contributed by atoms with Crippen molar-refractivity contribution in [1.29, 1.82) is 0 Å². The number of halogens is 1. The molecule has 82 valence electrons. The predicted octanol–water partition coefficient (Wildman–Crippen LogP) is 2.74. The summed E-state index contributed by atoms with van der Waals surface area (Å²) in [6.07, 6.45) is 2.48. The molecular weight excluding hydrogens is 240 g/mol. The lowest BCUT2D eigenvalue weighted by atomic mass is 10.4. The Morgan fingerprint density at radius 3 is 2.93 bits per heavy atom. The molecule has 1 aliphatic rings. The van der Waals surface area contributed by atoms with Gasteiger partial charge in [-0.2, -0.15) is 11.8 Å². The zero-order valence-electron chi connectivity index (χ0n) is 8.20. The Hall–Kier alpha value is 0.460. The summed E-state index contributed by atoms with van der Waals surface area (Å²) in [5, 5.41) is -0.536. The highest BCUT2D eigenvalue weighted by atomic mass is 35.5. The van der Waals surface area contributed by atoms with Crippen LogP contribution < -0.4 is 0 Å². The summed E-state index contributed by atoms with van der Waals surface area (Å²) < 4.78 is 5.26. The van der Waals surface area contributed by atoms with Crippen LogP contribution in [0.15, 0.2) is 0 Å². The first-order chi connectivity index (χ1) is 6.70. The molecule has 0 aliphatic carbocycles. The van der Waals surface area contributed by atoms with E-state index in [-0.39, 0.29) is 11.4 Å². The lowest BCUT2D eigenvalue weighted by Crippen LogP contribution is -2.23. The van der Waals surface area contributed by atoms with Gasteiger partial charge < -0.3 is 4.74 Å². The smallest absolute Gasteiger partial charge is 0.324 e. The van der Waals surface area contributed by atoms with Crippen LogP contribution in [0.3, 0.4) is 0 Å². The minimum absolute atomic E-state index is 0.00556. The van der Waals surface area contributed by atoms with Crippen LogP contribution >= 0.6 is 35.1 Å². The van der Waals surface area contributed by atoms with Crippen molar-refractivity contribution in [2.45, 2.75) is 30.6 Å². The van der Waals surface area contributed by atoms with E-state index in [1.54, 1.807) is 18.7 Å². The van der Waals surface area contributed by atoms with Crippen molar-refractivity contribution in [3.63, 3.8) is 0 Å². The van der Waals surface area contributed by atoms with Gasteiger partial charge in [-0.05, 0) is 31.3 Å². The van der Waals surface area contributed by atoms with E-state index in [2.05, 4.69) is 0 Å². The van der Waals surface area contributed by atoms with Crippen molar-refractivity contribution in [3.8, 4) is 0 Å². The highest BCUT2D eigenvalue weighted by Gasteiger charge is 2.19. The third kappa shape index (κ3) is 4.80. The molecule has 1 saturated heterocycles. The maximum Gasteiger partial charge on any atom is 0.324 e. The second-order valence-corrected chi connectivity index (χ2v) is 6.21. The number of hydrogen-bond donors (Lipinski definition) is 0. The zero-order chi connectivity index (χ0) is 10.4. The van der Waals surface area contributed by atoms with Crippen LogP contribution in [-0.2, 0) is 9.53 Å². The van der Waals surface area contributed by atoms with E-state index in [1.807, 2.05) is 11.8 Å². The van der Waals surface area contributed by atoms with Crippen molar-refractivity contribution in [2.75, 3.05) is 17.3 Å². The Kier molecular flexibility index (Phi) is 6.13. The van der Waals surface area contributed by atoms with Gasteiger partial charge in [-0.3, -0.25) is 4.79 Å². The number of rotatable bonds is 2. The first-order valence-electron chi connectivity index (χ1n) is 4.74. The van der Waals surface area contributed by atoms with Gasteiger partial charge in [-0.1, -0.05) is 0 Å². The first-order valence-corrected chi connectivity index (χ1v) is 7.38. The second kappa shape index (κ2) is 6.85. The van der Waals surface area contributed by atoms with E-state index in [1.165, 1.54) is 18.6 Å². The number of thioether (sulfide) groups is 2. The number of carbonyl (C=O) groups is 1. The van der Waals surface area contributed by atoms with Gasteiger partial charge in [0.05, 0.1) is 0 Å². The monoisotopic (exact) mass is 254 g/mol. The van der Waals surface area contributed by atoms with Gasteiger partial charge in [0.2, 0.25) is 0 Å². The average molecular weight is 255 g/mol. The van der Waals surface area contributed by atoms with Crippen molar-refractivity contribution < 1.29 is 9.53 Å². The molecule has 14 heavy (non-hydrogen) atoms. The molecule has 0 bridgehead atoms. The summed E-state index contributed by atoms with van der Waals surface area (Å²) in [4.78, 5) is 11.2. The zero-order valence-corrected chi connectivity index (χ0v) is 10.6. The van der Waals surface area contributed by atoms with Crippen LogP contribution in [-0.4, -0.2) is 34.0 Å². The number of hydrogen-bond acceptors (Lipinski definition) is 4. The molecule has 0 saturated carbocycles. The fraction of sp³-hybridized carbons (Fsp3) is 0.889. The van der Waals surface area contributed by atoms with Crippen molar-refractivity contribution in [2.24, 2.45) is 0 Å². The minimum Gasteiger partial charge on any atom is -0.449 e. The lowest BCUT2D eigenvalue weighted by molar-refractivity contribution is -0.143. The Morgan fingerprint density at radius 2 is 2.21 bits per heavy atom. The predicted molar refractivity (Wildman–Crippen MR) is 64.2 cm³/mol. The van der Waals surface area contributed by atoms with Crippen LogP contribution in [0, 0.1) is 0 Å².